The predicted octanol–water partition coefficient (Wildman–Crippen LogP) is 5.97. The maximum Gasteiger partial charge on any atom is 0.410 e. The molecule has 0 bridgehead atoms. The Morgan fingerprint density at radius 2 is 1.88 bits per heavy atom. The van der Waals surface area contributed by atoms with Crippen LogP contribution in [0, 0.1) is 24.6 Å². The lowest BCUT2D eigenvalue weighted by Crippen LogP contribution is -2.40. The van der Waals surface area contributed by atoms with Gasteiger partial charge in [-0.2, -0.15) is 13.2 Å². The van der Waals surface area contributed by atoms with E-state index in [2.05, 4.69) is 15.5 Å². The minimum absolute atomic E-state index is 0.000755. The zero-order valence-corrected chi connectivity index (χ0v) is 22.3. The molecule has 15 heteroatoms. The van der Waals surface area contributed by atoms with Crippen molar-refractivity contribution in [2.24, 2.45) is 11.8 Å². The molecule has 3 heterocycles. The number of oxazole rings is 1. The standard InChI is InChI=1S/C27H27F6N5O4/c1-12-16(11-41-37-12)23(39)35-20(13-6-8-26(29,30)9-7-13)24-36-21-17(42-24)5-4-15(19(21)28)22(14-2-3-14)38-10-18(27(31,32)33)34-25(38)40/h4-5,11,13-14,18,20,22H,2-3,6-10H2,1H3,(H,34,40)(H,35,39)/t18-,20-,22+/m0/s1. The second-order valence-electron chi connectivity index (χ2n) is 11.3. The Morgan fingerprint density at radius 1 is 1.17 bits per heavy atom. The molecule has 9 nitrogen and oxygen atoms in total. The number of aromatic nitrogens is 2. The molecule has 3 fully saturated rings. The Kier molecular flexibility index (Phi) is 6.88. The summed E-state index contributed by atoms with van der Waals surface area (Å²) in [5, 5.41) is 8.37. The number of amides is 3. The first-order valence-electron chi connectivity index (χ1n) is 13.6. The summed E-state index contributed by atoms with van der Waals surface area (Å²) < 4.78 is 94.7. The number of alkyl halides is 5. The van der Waals surface area contributed by atoms with E-state index in [1.807, 2.05) is 5.32 Å². The van der Waals surface area contributed by atoms with Crippen molar-refractivity contribution in [3.05, 3.63) is 46.9 Å². The number of carbonyl (C=O) groups is 2. The highest BCUT2D eigenvalue weighted by Crippen LogP contribution is 2.48. The molecule has 1 saturated heterocycles. The molecule has 3 aliphatic rings. The fourth-order valence-electron chi connectivity index (χ4n) is 5.93. The lowest BCUT2D eigenvalue weighted by atomic mass is 9.82. The molecule has 3 amide bonds. The summed E-state index contributed by atoms with van der Waals surface area (Å²) in [6.07, 6.45) is -3.03. The second-order valence-corrected chi connectivity index (χ2v) is 11.3. The van der Waals surface area contributed by atoms with Gasteiger partial charge < -0.3 is 24.5 Å². The number of urea groups is 1. The number of rotatable bonds is 7. The minimum atomic E-state index is -4.66. The highest BCUT2D eigenvalue weighted by Gasteiger charge is 2.51. The van der Waals surface area contributed by atoms with Gasteiger partial charge in [0.1, 0.15) is 29.4 Å². The maximum absolute atomic E-state index is 16.1. The lowest BCUT2D eigenvalue weighted by Gasteiger charge is -2.32. The van der Waals surface area contributed by atoms with Crippen LogP contribution in [-0.2, 0) is 0 Å². The van der Waals surface area contributed by atoms with E-state index in [1.165, 1.54) is 12.1 Å². The highest BCUT2D eigenvalue weighted by molar-refractivity contribution is 5.95. The van der Waals surface area contributed by atoms with Crippen LogP contribution in [0.1, 0.15) is 78.1 Å². The van der Waals surface area contributed by atoms with Gasteiger partial charge >= 0.3 is 12.2 Å². The van der Waals surface area contributed by atoms with Crippen molar-refractivity contribution >= 4 is 23.0 Å². The number of hydrogen-bond donors (Lipinski definition) is 2. The number of aryl methyl sites for hydroxylation is 1. The van der Waals surface area contributed by atoms with Crippen LogP contribution in [0.25, 0.3) is 11.1 Å². The molecule has 42 heavy (non-hydrogen) atoms. The van der Waals surface area contributed by atoms with Gasteiger partial charge in [0.15, 0.2) is 11.4 Å². The Morgan fingerprint density at radius 3 is 2.48 bits per heavy atom. The van der Waals surface area contributed by atoms with Crippen LogP contribution in [0.2, 0.25) is 0 Å². The Labute approximate surface area is 235 Å². The fourth-order valence-corrected chi connectivity index (χ4v) is 5.93. The summed E-state index contributed by atoms with van der Waals surface area (Å²) in [4.78, 5) is 30.9. The van der Waals surface area contributed by atoms with Crippen molar-refractivity contribution in [3.63, 3.8) is 0 Å². The third-order valence-corrected chi connectivity index (χ3v) is 8.38. The molecule has 1 aliphatic heterocycles. The Balaban J connectivity index is 1.34. The molecule has 6 rings (SSSR count). The molecule has 1 aromatic carbocycles. The monoisotopic (exact) mass is 599 g/mol. The van der Waals surface area contributed by atoms with Crippen LogP contribution < -0.4 is 10.6 Å². The van der Waals surface area contributed by atoms with Gasteiger partial charge in [-0.25, -0.2) is 22.9 Å². The van der Waals surface area contributed by atoms with Gasteiger partial charge in [-0.3, -0.25) is 4.79 Å². The first kappa shape index (κ1) is 28.3. The molecule has 0 spiro atoms. The van der Waals surface area contributed by atoms with Crippen LogP contribution in [0.5, 0.6) is 0 Å². The van der Waals surface area contributed by atoms with Crippen molar-refractivity contribution in [3.8, 4) is 0 Å². The van der Waals surface area contributed by atoms with Gasteiger partial charge in [-0.1, -0.05) is 11.2 Å². The van der Waals surface area contributed by atoms with Gasteiger partial charge in [-0.15, -0.1) is 0 Å². The smallest absolute Gasteiger partial charge is 0.410 e. The van der Waals surface area contributed by atoms with Gasteiger partial charge in [0.2, 0.25) is 11.8 Å². The van der Waals surface area contributed by atoms with E-state index in [1.54, 1.807) is 6.92 Å². The second kappa shape index (κ2) is 10.2. The zero-order valence-electron chi connectivity index (χ0n) is 22.3. The van der Waals surface area contributed by atoms with E-state index in [4.69, 9.17) is 8.94 Å². The van der Waals surface area contributed by atoms with Crippen LogP contribution in [0.3, 0.4) is 0 Å². The van der Waals surface area contributed by atoms with Crippen molar-refractivity contribution in [2.75, 3.05) is 6.54 Å². The predicted molar refractivity (Wildman–Crippen MR) is 133 cm³/mol. The lowest BCUT2D eigenvalue weighted by molar-refractivity contribution is -0.150. The largest absolute Gasteiger partial charge is 0.438 e. The van der Waals surface area contributed by atoms with Crippen LogP contribution >= 0.6 is 0 Å². The molecule has 3 atom stereocenters. The zero-order chi connectivity index (χ0) is 30.0. The van der Waals surface area contributed by atoms with Gasteiger partial charge in [0.25, 0.3) is 5.91 Å². The van der Waals surface area contributed by atoms with Crippen molar-refractivity contribution < 1.29 is 44.9 Å². The molecule has 2 N–H and O–H groups in total. The first-order chi connectivity index (χ1) is 19.8. The molecule has 0 unspecified atom stereocenters. The molecule has 226 valence electrons. The first-order valence-corrected chi connectivity index (χ1v) is 13.6. The number of nitrogens with one attached hydrogen (secondary N) is 2. The number of hydrogen-bond acceptors (Lipinski definition) is 6. The Hall–Kier alpha value is -3.78. The molecule has 2 saturated carbocycles. The maximum atomic E-state index is 16.1. The van der Waals surface area contributed by atoms with E-state index >= 15 is 4.39 Å². The molecular weight excluding hydrogens is 572 g/mol. The molecular formula is C27H27F6N5O4. The van der Waals surface area contributed by atoms with E-state index in [0.29, 0.717) is 18.5 Å². The number of nitrogens with zero attached hydrogens (tertiary/aromatic N) is 3. The number of benzene rings is 1. The van der Waals surface area contributed by atoms with Gasteiger partial charge in [0, 0.05) is 18.4 Å². The SMILES string of the molecule is Cc1nocc1C(=O)N[C@H](c1nc2c(F)c([C@@H](C3CC3)N3C[C@@H](C(F)(F)F)NC3=O)ccc2o1)C1CCC(F)(F)CC1. The van der Waals surface area contributed by atoms with Crippen molar-refractivity contribution in [2.45, 2.75) is 75.7 Å². The van der Waals surface area contributed by atoms with E-state index in [9.17, 15) is 31.5 Å². The third kappa shape index (κ3) is 5.28. The molecule has 2 aromatic heterocycles. The average Bonchev–Trinajstić information content (AvgIpc) is 3.30. The molecule has 3 aromatic rings. The van der Waals surface area contributed by atoms with Crippen LogP contribution in [0.15, 0.2) is 27.3 Å². The number of halogens is 6. The van der Waals surface area contributed by atoms with E-state index in [-0.39, 0.29) is 46.9 Å². The summed E-state index contributed by atoms with van der Waals surface area (Å²) in [6.45, 7) is 0.895. The summed E-state index contributed by atoms with van der Waals surface area (Å²) in [5.41, 5.74) is 0.197. The van der Waals surface area contributed by atoms with Crippen LogP contribution in [-0.4, -0.2) is 51.7 Å². The van der Waals surface area contributed by atoms with Gasteiger partial charge in [-0.05, 0) is 50.5 Å². The minimum Gasteiger partial charge on any atom is -0.438 e. The summed E-state index contributed by atoms with van der Waals surface area (Å²) in [7, 11) is 0. The normalized spacial score (nSPS) is 22.8. The highest BCUT2D eigenvalue weighted by atomic mass is 19.4. The summed E-state index contributed by atoms with van der Waals surface area (Å²) >= 11 is 0. The summed E-state index contributed by atoms with van der Waals surface area (Å²) in [5.74, 6) is -5.15. The third-order valence-electron chi connectivity index (χ3n) is 8.38. The average molecular weight is 600 g/mol. The van der Waals surface area contributed by atoms with Crippen molar-refractivity contribution in [1.82, 2.24) is 25.7 Å². The van der Waals surface area contributed by atoms with Crippen molar-refractivity contribution in [1.29, 1.82) is 0 Å². The molecule has 0 radical (unpaired) electrons. The molecule has 2 aliphatic carbocycles. The Bertz CT molecular complexity index is 1510. The number of fused-ring (bicyclic) bond motifs is 1. The van der Waals surface area contributed by atoms with Crippen LogP contribution in [0.4, 0.5) is 31.1 Å². The van der Waals surface area contributed by atoms with E-state index < -0.39 is 73.3 Å². The fraction of sp³-hybridized carbons (Fsp3) is 0.556. The topological polar surface area (TPSA) is 114 Å². The van der Waals surface area contributed by atoms with E-state index in [0.717, 1.165) is 11.2 Å². The quantitative estimate of drug-likeness (QED) is 0.324. The van der Waals surface area contributed by atoms with Gasteiger partial charge in [0.05, 0.1) is 18.3 Å². The summed E-state index contributed by atoms with van der Waals surface area (Å²) in [6, 6.07) is -2.18. The number of carbonyl (C=O) groups excluding carboxylic acids is 2.